The molecule has 2 saturated carbocycles. The number of nitrogens with one attached hydrogen (secondary N) is 3. The fourth-order valence-corrected chi connectivity index (χ4v) is 8.79. The Bertz CT molecular complexity index is 1570. The molecule has 2 spiro atoms. The fourth-order valence-electron chi connectivity index (χ4n) is 8.79. The summed E-state index contributed by atoms with van der Waals surface area (Å²) in [6.45, 7) is 2.18. The van der Waals surface area contributed by atoms with Crippen LogP contribution < -0.4 is 20.7 Å². The Morgan fingerprint density at radius 3 is 1.59 bits per heavy atom. The van der Waals surface area contributed by atoms with Crippen LogP contribution in [0.5, 0.6) is 5.75 Å². The maximum atomic E-state index is 12.7. The third-order valence-corrected chi connectivity index (χ3v) is 12.1. The quantitative estimate of drug-likeness (QED) is 0.265. The normalized spacial score (nSPS) is 29.4. The van der Waals surface area contributed by atoms with Crippen molar-refractivity contribution in [2.75, 3.05) is 48.4 Å². The number of carbonyl (C=O) groups is 2. The molecule has 9 nitrogen and oxygen atoms in total. The zero-order valence-electron chi connectivity index (χ0n) is 29.9. The number of ether oxygens (including phenoxy) is 1. The van der Waals surface area contributed by atoms with Crippen molar-refractivity contribution >= 4 is 12.1 Å². The molecule has 2 aliphatic carbocycles. The first-order valence-electron chi connectivity index (χ1n) is 17.7. The SMILES string of the molecule is CN(C)C1(c2ccccc2)CCC2(CC1)CNC(=O)N2.COc1ccc(CN2CC3(CCC(c4ccccc4)(N(C)C)CC3)NC2=O)cc1.[HH].[HH]. The van der Waals surface area contributed by atoms with Crippen molar-refractivity contribution in [3.63, 3.8) is 0 Å². The molecule has 3 aromatic rings. The third-order valence-electron chi connectivity index (χ3n) is 12.1. The maximum Gasteiger partial charge on any atom is 0.318 e. The molecule has 3 aromatic carbocycles. The van der Waals surface area contributed by atoms with Crippen LogP contribution in [0.4, 0.5) is 9.59 Å². The van der Waals surface area contributed by atoms with E-state index in [1.807, 2.05) is 29.2 Å². The maximum absolute atomic E-state index is 12.7. The van der Waals surface area contributed by atoms with Gasteiger partial charge in [-0.15, -0.1) is 0 Å². The van der Waals surface area contributed by atoms with Crippen LogP contribution in [0.1, 0.15) is 70.9 Å². The Kier molecular flexibility index (Phi) is 9.96. The van der Waals surface area contributed by atoms with Gasteiger partial charge in [-0.3, -0.25) is 9.80 Å². The highest BCUT2D eigenvalue weighted by molar-refractivity contribution is 5.78. The van der Waals surface area contributed by atoms with Crippen LogP contribution in [0.25, 0.3) is 0 Å². The summed E-state index contributed by atoms with van der Waals surface area (Å²) in [7, 11) is 10.3. The number of hydrogen-bond acceptors (Lipinski definition) is 5. The molecule has 3 N–H and O–H groups in total. The first-order chi connectivity index (χ1) is 23.5. The third kappa shape index (κ3) is 7.01. The van der Waals surface area contributed by atoms with E-state index in [1.54, 1.807) is 7.11 Å². The number of hydrogen-bond donors (Lipinski definition) is 3. The van der Waals surface area contributed by atoms with Gasteiger partial charge in [0.05, 0.1) is 18.2 Å². The molecular weight excluding hydrogens is 612 g/mol. The van der Waals surface area contributed by atoms with Crippen molar-refractivity contribution in [1.29, 1.82) is 0 Å². The van der Waals surface area contributed by atoms with Crippen LogP contribution in [0, 0.1) is 0 Å². The molecular formula is C40H58N6O3. The predicted molar refractivity (Wildman–Crippen MR) is 199 cm³/mol. The summed E-state index contributed by atoms with van der Waals surface area (Å²) in [5, 5.41) is 9.38. The number of benzene rings is 3. The molecule has 49 heavy (non-hydrogen) atoms. The van der Waals surface area contributed by atoms with Crippen molar-refractivity contribution in [1.82, 2.24) is 30.7 Å². The Morgan fingerprint density at radius 1 is 0.673 bits per heavy atom. The second-order valence-electron chi connectivity index (χ2n) is 15.1. The molecule has 2 aliphatic heterocycles. The molecule has 4 aliphatic rings. The minimum Gasteiger partial charge on any atom is -0.497 e. The zero-order valence-corrected chi connectivity index (χ0v) is 29.9. The highest BCUT2D eigenvalue weighted by atomic mass is 16.5. The summed E-state index contributed by atoms with van der Waals surface area (Å²) in [5.41, 5.74) is 3.89. The molecule has 0 unspecified atom stereocenters. The zero-order chi connectivity index (χ0) is 34.7. The smallest absolute Gasteiger partial charge is 0.318 e. The first kappa shape index (κ1) is 34.8. The van der Waals surface area contributed by atoms with E-state index in [2.05, 4.69) is 115 Å². The van der Waals surface area contributed by atoms with Crippen molar-refractivity contribution in [2.45, 2.75) is 80.1 Å². The Hall–Kier alpha value is -4.08. The van der Waals surface area contributed by atoms with Gasteiger partial charge in [0.25, 0.3) is 0 Å². The van der Waals surface area contributed by atoms with Gasteiger partial charge >= 0.3 is 12.1 Å². The minimum atomic E-state index is -0.113. The number of amides is 4. The largest absolute Gasteiger partial charge is 0.497 e. The topological polar surface area (TPSA) is 89.2 Å². The van der Waals surface area contributed by atoms with Crippen LogP contribution in [-0.4, -0.2) is 86.2 Å². The van der Waals surface area contributed by atoms with E-state index in [0.717, 1.165) is 75.8 Å². The van der Waals surface area contributed by atoms with E-state index in [-0.39, 0.29) is 37.1 Å². The summed E-state index contributed by atoms with van der Waals surface area (Å²) >= 11 is 0. The molecule has 4 amide bonds. The standard InChI is InChI=1S/C24H31N3O2.C16H23N3O.2H2/c1-26(2)24(20-7-5-4-6-8-20)15-13-23(14-16-24)18-27(22(28)25-23)17-19-9-11-21(29-3)12-10-19;1-19(2)16(13-6-4-3-5-7-13)10-8-15(9-11-16)12-17-14(20)18-15;;/h4-12H,13-18H2,1-3H3,(H,25,28);3-7H,8-12H2,1-2H3,(H2,17,18,20);2*1H. The molecule has 2 heterocycles. The van der Waals surface area contributed by atoms with Gasteiger partial charge in [-0.25, -0.2) is 9.59 Å². The van der Waals surface area contributed by atoms with Crippen molar-refractivity contribution in [3.05, 3.63) is 102 Å². The average Bonchev–Trinajstić information content (AvgIpc) is 3.64. The Morgan fingerprint density at radius 2 is 1.16 bits per heavy atom. The van der Waals surface area contributed by atoms with Crippen LogP contribution in [0.3, 0.4) is 0 Å². The molecule has 9 heteroatoms. The molecule has 0 bridgehead atoms. The van der Waals surface area contributed by atoms with Crippen molar-refractivity contribution < 1.29 is 17.2 Å². The lowest BCUT2D eigenvalue weighted by atomic mass is 9.69. The molecule has 2 saturated heterocycles. The van der Waals surface area contributed by atoms with Crippen molar-refractivity contribution in [3.8, 4) is 5.75 Å². The number of urea groups is 2. The summed E-state index contributed by atoms with van der Waals surface area (Å²) in [4.78, 5) is 30.8. The van der Waals surface area contributed by atoms with E-state index < -0.39 is 0 Å². The molecule has 0 aromatic heterocycles. The average molecular weight is 671 g/mol. The highest BCUT2D eigenvalue weighted by Gasteiger charge is 2.50. The molecule has 266 valence electrons. The van der Waals surface area contributed by atoms with Gasteiger partial charge in [0, 0.05) is 33.6 Å². The highest BCUT2D eigenvalue weighted by Crippen LogP contribution is 2.47. The van der Waals surface area contributed by atoms with Gasteiger partial charge in [-0.05, 0) is 108 Å². The van der Waals surface area contributed by atoms with Crippen LogP contribution in [-0.2, 0) is 17.6 Å². The van der Waals surface area contributed by atoms with Crippen LogP contribution in [0.2, 0.25) is 0 Å². The van der Waals surface area contributed by atoms with Crippen molar-refractivity contribution in [2.24, 2.45) is 0 Å². The van der Waals surface area contributed by atoms with E-state index in [0.29, 0.717) is 6.54 Å². The van der Waals surface area contributed by atoms with E-state index in [1.165, 1.54) is 11.1 Å². The number of nitrogens with zero attached hydrogens (tertiary/aromatic N) is 3. The molecule has 0 atom stereocenters. The number of methoxy groups -OCH3 is 1. The number of carbonyl (C=O) groups excluding carboxylic acids is 2. The minimum absolute atomic E-state index is 0. The number of rotatable bonds is 7. The monoisotopic (exact) mass is 670 g/mol. The van der Waals surface area contributed by atoms with Gasteiger partial charge in [-0.2, -0.15) is 0 Å². The van der Waals surface area contributed by atoms with Crippen LogP contribution in [0.15, 0.2) is 84.9 Å². The van der Waals surface area contributed by atoms with E-state index in [4.69, 9.17) is 4.74 Å². The Balaban J connectivity index is 0.000000234. The van der Waals surface area contributed by atoms with Crippen LogP contribution >= 0.6 is 0 Å². The van der Waals surface area contributed by atoms with Gasteiger partial charge in [-0.1, -0.05) is 72.8 Å². The second-order valence-corrected chi connectivity index (χ2v) is 15.1. The Labute approximate surface area is 295 Å². The van der Waals surface area contributed by atoms with E-state index in [9.17, 15) is 9.59 Å². The fraction of sp³-hybridized carbons (Fsp3) is 0.500. The summed E-state index contributed by atoms with van der Waals surface area (Å²) in [6, 6.07) is 29.6. The summed E-state index contributed by atoms with van der Waals surface area (Å²) < 4.78 is 5.23. The van der Waals surface area contributed by atoms with Gasteiger partial charge in [0.1, 0.15) is 5.75 Å². The molecule has 0 radical (unpaired) electrons. The van der Waals surface area contributed by atoms with Gasteiger partial charge in [0.15, 0.2) is 0 Å². The summed E-state index contributed by atoms with van der Waals surface area (Å²) in [6.07, 6.45) is 8.27. The lowest BCUT2D eigenvalue weighted by molar-refractivity contribution is 0.0617. The summed E-state index contributed by atoms with van der Waals surface area (Å²) in [5.74, 6) is 0.837. The van der Waals surface area contributed by atoms with Gasteiger partial charge < -0.3 is 25.6 Å². The van der Waals surface area contributed by atoms with E-state index >= 15 is 0 Å². The lowest BCUT2D eigenvalue weighted by Gasteiger charge is -2.48. The first-order valence-corrected chi connectivity index (χ1v) is 17.7. The van der Waals surface area contributed by atoms with Gasteiger partial charge in [0.2, 0.25) is 0 Å². The molecule has 7 rings (SSSR count). The second kappa shape index (κ2) is 14.0. The molecule has 4 fully saturated rings. The predicted octanol–water partition coefficient (Wildman–Crippen LogP) is 6.55. The lowest BCUT2D eigenvalue weighted by Crippen LogP contribution is -2.54.